The van der Waals surface area contributed by atoms with Crippen molar-refractivity contribution in [2.75, 3.05) is 0 Å². The molecule has 4 nitrogen and oxygen atoms in total. The summed E-state index contributed by atoms with van der Waals surface area (Å²) in [5.41, 5.74) is 0.720. The number of rotatable bonds is 7. The van der Waals surface area contributed by atoms with Crippen LogP contribution in [-0.2, 0) is 19.5 Å². The summed E-state index contributed by atoms with van der Waals surface area (Å²) in [6.07, 6.45) is 4.15. The second-order valence-electron chi connectivity index (χ2n) is 5.58. The molecule has 3 rings (SSSR count). The standard InChI is InChI=1S/C16H20FN3O/c1-2-5-15-18-16(21-19-15)11-20(13-8-9-13)10-12-6-3-4-7-14(12)17/h3-4,6-7,13H,2,5,8-11H2,1H3. The van der Waals surface area contributed by atoms with Crippen molar-refractivity contribution >= 4 is 0 Å². The monoisotopic (exact) mass is 289 g/mol. The van der Waals surface area contributed by atoms with E-state index in [4.69, 9.17) is 4.52 Å². The van der Waals surface area contributed by atoms with E-state index in [9.17, 15) is 4.39 Å². The van der Waals surface area contributed by atoms with Crippen molar-refractivity contribution in [1.82, 2.24) is 15.0 Å². The molecule has 0 amide bonds. The van der Waals surface area contributed by atoms with Gasteiger partial charge in [0.1, 0.15) is 5.82 Å². The van der Waals surface area contributed by atoms with Gasteiger partial charge in [0.2, 0.25) is 5.89 Å². The minimum absolute atomic E-state index is 0.152. The zero-order valence-electron chi connectivity index (χ0n) is 12.3. The molecule has 2 aromatic rings. The molecular weight excluding hydrogens is 269 g/mol. The number of hydrogen-bond acceptors (Lipinski definition) is 4. The van der Waals surface area contributed by atoms with Crippen LogP contribution in [0, 0.1) is 5.82 Å². The number of nitrogens with zero attached hydrogens (tertiary/aromatic N) is 3. The van der Waals surface area contributed by atoms with E-state index >= 15 is 0 Å². The molecule has 0 radical (unpaired) electrons. The van der Waals surface area contributed by atoms with Crippen molar-refractivity contribution in [2.24, 2.45) is 0 Å². The van der Waals surface area contributed by atoms with Crippen LogP contribution >= 0.6 is 0 Å². The second kappa shape index (κ2) is 6.35. The van der Waals surface area contributed by atoms with E-state index in [1.165, 1.54) is 6.07 Å². The van der Waals surface area contributed by atoms with Gasteiger partial charge in [-0.3, -0.25) is 4.90 Å². The van der Waals surface area contributed by atoms with Gasteiger partial charge < -0.3 is 4.52 Å². The molecule has 0 spiro atoms. The first-order valence-electron chi connectivity index (χ1n) is 7.55. The van der Waals surface area contributed by atoms with E-state index in [-0.39, 0.29) is 5.82 Å². The second-order valence-corrected chi connectivity index (χ2v) is 5.58. The van der Waals surface area contributed by atoms with Crippen molar-refractivity contribution in [3.8, 4) is 0 Å². The van der Waals surface area contributed by atoms with Gasteiger partial charge in [-0.2, -0.15) is 4.98 Å². The van der Waals surface area contributed by atoms with E-state index in [1.54, 1.807) is 6.07 Å². The third kappa shape index (κ3) is 3.67. The summed E-state index contributed by atoms with van der Waals surface area (Å²) in [4.78, 5) is 6.62. The van der Waals surface area contributed by atoms with Crippen LogP contribution in [0.15, 0.2) is 28.8 Å². The Bertz CT molecular complexity index is 595. The quantitative estimate of drug-likeness (QED) is 0.784. The van der Waals surface area contributed by atoms with Crippen LogP contribution in [0.5, 0.6) is 0 Å². The first-order chi connectivity index (χ1) is 10.3. The van der Waals surface area contributed by atoms with Gasteiger partial charge in [0.25, 0.3) is 0 Å². The van der Waals surface area contributed by atoms with Gasteiger partial charge in [0.05, 0.1) is 6.54 Å². The topological polar surface area (TPSA) is 42.2 Å². The highest BCUT2D eigenvalue weighted by molar-refractivity contribution is 5.17. The lowest BCUT2D eigenvalue weighted by Crippen LogP contribution is -2.25. The molecule has 1 aliphatic rings. The van der Waals surface area contributed by atoms with E-state index in [1.807, 2.05) is 12.1 Å². The highest BCUT2D eigenvalue weighted by atomic mass is 19.1. The summed E-state index contributed by atoms with van der Waals surface area (Å²) in [6, 6.07) is 7.43. The van der Waals surface area contributed by atoms with Gasteiger partial charge in [0, 0.05) is 24.6 Å². The molecule has 1 aromatic carbocycles. The van der Waals surface area contributed by atoms with E-state index in [0.29, 0.717) is 25.0 Å². The Morgan fingerprint density at radius 2 is 2.10 bits per heavy atom. The lowest BCUT2D eigenvalue weighted by atomic mass is 10.2. The molecule has 0 unspecified atom stereocenters. The molecule has 0 N–H and O–H groups in total. The minimum Gasteiger partial charge on any atom is -0.338 e. The lowest BCUT2D eigenvalue weighted by Gasteiger charge is -2.20. The highest BCUT2D eigenvalue weighted by Gasteiger charge is 2.30. The maximum Gasteiger partial charge on any atom is 0.240 e. The van der Waals surface area contributed by atoms with Crippen LogP contribution in [0.2, 0.25) is 0 Å². The average Bonchev–Trinajstić information content (AvgIpc) is 3.23. The van der Waals surface area contributed by atoms with Crippen molar-refractivity contribution in [3.05, 3.63) is 47.4 Å². The smallest absolute Gasteiger partial charge is 0.240 e. The summed E-state index contributed by atoms with van der Waals surface area (Å²) in [7, 11) is 0. The molecule has 1 fully saturated rings. The Morgan fingerprint density at radius 3 is 2.81 bits per heavy atom. The Balaban J connectivity index is 1.68. The van der Waals surface area contributed by atoms with E-state index < -0.39 is 0 Å². The van der Waals surface area contributed by atoms with Crippen molar-refractivity contribution in [2.45, 2.75) is 51.7 Å². The summed E-state index contributed by atoms with van der Waals surface area (Å²) in [5, 5.41) is 3.98. The molecule has 1 heterocycles. The molecule has 1 aromatic heterocycles. The minimum atomic E-state index is -0.152. The maximum absolute atomic E-state index is 13.8. The molecule has 5 heteroatoms. The molecule has 1 aliphatic carbocycles. The number of benzene rings is 1. The Labute approximate surface area is 124 Å². The zero-order chi connectivity index (χ0) is 14.7. The number of halogens is 1. The predicted octanol–water partition coefficient (Wildman–Crippen LogP) is 3.33. The summed E-state index contributed by atoms with van der Waals surface area (Å²) >= 11 is 0. The molecule has 1 saturated carbocycles. The number of hydrogen-bond donors (Lipinski definition) is 0. The SMILES string of the molecule is CCCc1noc(CN(Cc2ccccc2F)C2CC2)n1. The zero-order valence-corrected chi connectivity index (χ0v) is 12.3. The van der Waals surface area contributed by atoms with Crippen LogP contribution in [-0.4, -0.2) is 21.1 Å². The van der Waals surface area contributed by atoms with Gasteiger partial charge in [-0.25, -0.2) is 4.39 Å². The summed E-state index contributed by atoms with van der Waals surface area (Å²) in [6.45, 7) is 3.27. The fourth-order valence-corrected chi connectivity index (χ4v) is 2.45. The summed E-state index contributed by atoms with van der Waals surface area (Å²) < 4.78 is 19.1. The van der Waals surface area contributed by atoms with Gasteiger partial charge in [-0.15, -0.1) is 0 Å². The number of aryl methyl sites for hydroxylation is 1. The fraction of sp³-hybridized carbons (Fsp3) is 0.500. The third-order valence-corrected chi connectivity index (χ3v) is 3.72. The van der Waals surface area contributed by atoms with Crippen molar-refractivity contribution < 1.29 is 8.91 Å². The van der Waals surface area contributed by atoms with E-state index in [2.05, 4.69) is 22.0 Å². The van der Waals surface area contributed by atoms with Crippen molar-refractivity contribution in [3.63, 3.8) is 0 Å². The van der Waals surface area contributed by atoms with Gasteiger partial charge in [-0.1, -0.05) is 30.3 Å². The molecule has 21 heavy (non-hydrogen) atoms. The largest absolute Gasteiger partial charge is 0.338 e. The van der Waals surface area contributed by atoms with Crippen LogP contribution in [0.25, 0.3) is 0 Å². The van der Waals surface area contributed by atoms with Crippen LogP contribution in [0.4, 0.5) is 4.39 Å². The molecule has 112 valence electrons. The highest BCUT2D eigenvalue weighted by Crippen LogP contribution is 2.30. The van der Waals surface area contributed by atoms with Gasteiger partial charge in [-0.05, 0) is 25.3 Å². The van der Waals surface area contributed by atoms with Crippen LogP contribution in [0.3, 0.4) is 0 Å². The average molecular weight is 289 g/mol. The van der Waals surface area contributed by atoms with Gasteiger partial charge in [0.15, 0.2) is 5.82 Å². The summed E-state index contributed by atoms with van der Waals surface area (Å²) in [5.74, 6) is 1.23. The van der Waals surface area contributed by atoms with E-state index in [0.717, 1.165) is 37.1 Å². The Hall–Kier alpha value is -1.75. The number of aromatic nitrogens is 2. The van der Waals surface area contributed by atoms with Crippen LogP contribution in [0.1, 0.15) is 43.5 Å². The molecule has 0 atom stereocenters. The Morgan fingerprint density at radius 1 is 1.29 bits per heavy atom. The molecule has 0 saturated heterocycles. The fourth-order valence-electron chi connectivity index (χ4n) is 2.45. The third-order valence-electron chi connectivity index (χ3n) is 3.72. The van der Waals surface area contributed by atoms with Gasteiger partial charge >= 0.3 is 0 Å². The molecule has 0 aliphatic heterocycles. The Kier molecular flexibility index (Phi) is 4.29. The lowest BCUT2D eigenvalue weighted by molar-refractivity contribution is 0.207. The normalized spacial score (nSPS) is 14.8. The van der Waals surface area contributed by atoms with Crippen LogP contribution < -0.4 is 0 Å². The van der Waals surface area contributed by atoms with Crippen molar-refractivity contribution in [1.29, 1.82) is 0 Å². The predicted molar refractivity (Wildman–Crippen MR) is 77.0 cm³/mol. The molecule has 0 bridgehead atoms. The first kappa shape index (κ1) is 14.2. The first-order valence-corrected chi connectivity index (χ1v) is 7.55. The maximum atomic E-state index is 13.8. The molecular formula is C16H20FN3O.